The van der Waals surface area contributed by atoms with E-state index in [4.69, 9.17) is 5.73 Å². The fraction of sp³-hybridized carbons (Fsp3) is 0.900. The van der Waals surface area contributed by atoms with Gasteiger partial charge in [0.15, 0.2) is 0 Å². The summed E-state index contributed by atoms with van der Waals surface area (Å²) in [6, 6.07) is 0.311. The number of nitrogens with two attached hydrogens (primary N) is 1. The Balaban J connectivity index is 2.40. The van der Waals surface area contributed by atoms with E-state index in [9.17, 15) is 4.79 Å². The Morgan fingerprint density at radius 3 is 2.85 bits per heavy atom. The van der Waals surface area contributed by atoms with Gasteiger partial charge in [-0.2, -0.15) is 0 Å². The first-order valence-corrected chi connectivity index (χ1v) is 5.14. The lowest BCUT2D eigenvalue weighted by molar-refractivity contribution is -0.129. The first-order chi connectivity index (χ1) is 6.15. The number of hydrogen-bond donors (Lipinski definition) is 1. The number of hydrogen-bond acceptors (Lipinski definition) is 2. The van der Waals surface area contributed by atoms with Gasteiger partial charge in [-0.05, 0) is 18.8 Å². The molecule has 0 aliphatic carbocycles. The molecule has 3 nitrogen and oxygen atoms in total. The summed E-state index contributed by atoms with van der Waals surface area (Å²) in [4.78, 5) is 13.4. The molecule has 1 fully saturated rings. The average molecular weight is 184 g/mol. The van der Waals surface area contributed by atoms with E-state index < -0.39 is 0 Å². The zero-order valence-electron chi connectivity index (χ0n) is 8.62. The zero-order valence-corrected chi connectivity index (χ0v) is 8.62. The summed E-state index contributed by atoms with van der Waals surface area (Å²) in [5, 5.41) is 0. The first kappa shape index (κ1) is 10.5. The van der Waals surface area contributed by atoms with Gasteiger partial charge in [0.2, 0.25) is 5.91 Å². The Labute approximate surface area is 80.3 Å². The van der Waals surface area contributed by atoms with Crippen LogP contribution in [0.25, 0.3) is 0 Å². The van der Waals surface area contributed by atoms with Crippen LogP contribution in [-0.4, -0.2) is 29.9 Å². The smallest absolute Gasteiger partial charge is 0.222 e. The van der Waals surface area contributed by atoms with Crippen molar-refractivity contribution in [1.29, 1.82) is 0 Å². The van der Waals surface area contributed by atoms with E-state index in [0.717, 1.165) is 19.4 Å². The molecule has 3 heteroatoms. The SMILES string of the molecule is CC(C)CCN1C(=O)CC[C@H]1CN. The molecule has 0 aromatic carbocycles. The Hall–Kier alpha value is -0.570. The lowest BCUT2D eigenvalue weighted by Gasteiger charge is -2.24. The third kappa shape index (κ3) is 2.69. The standard InChI is InChI=1S/C10H20N2O/c1-8(2)5-6-12-9(7-11)3-4-10(12)13/h8-9H,3-7,11H2,1-2H3/t9-/m0/s1. The molecule has 1 amide bonds. The quantitative estimate of drug-likeness (QED) is 0.708. The van der Waals surface area contributed by atoms with Gasteiger partial charge in [-0.3, -0.25) is 4.79 Å². The van der Waals surface area contributed by atoms with Crippen molar-refractivity contribution in [3.8, 4) is 0 Å². The van der Waals surface area contributed by atoms with E-state index in [1.807, 2.05) is 4.90 Å². The summed E-state index contributed by atoms with van der Waals surface area (Å²) in [5.74, 6) is 0.947. The topological polar surface area (TPSA) is 46.3 Å². The Morgan fingerprint density at radius 2 is 2.31 bits per heavy atom. The molecule has 0 radical (unpaired) electrons. The van der Waals surface area contributed by atoms with Gasteiger partial charge in [0, 0.05) is 25.6 Å². The van der Waals surface area contributed by atoms with Crippen LogP contribution >= 0.6 is 0 Å². The number of nitrogens with zero attached hydrogens (tertiary/aromatic N) is 1. The van der Waals surface area contributed by atoms with Gasteiger partial charge in [-0.25, -0.2) is 0 Å². The fourth-order valence-electron chi connectivity index (χ4n) is 1.74. The molecular formula is C10H20N2O. The van der Waals surface area contributed by atoms with Crippen LogP contribution in [0.1, 0.15) is 33.1 Å². The monoisotopic (exact) mass is 184 g/mol. The van der Waals surface area contributed by atoms with Crippen molar-refractivity contribution < 1.29 is 4.79 Å². The van der Waals surface area contributed by atoms with E-state index in [0.29, 0.717) is 24.9 Å². The van der Waals surface area contributed by atoms with Crippen LogP contribution in [0.4, 0.5) is 0 Å². The van der Waals surface area contributed by atoms with Gasteiger partial charge in [-0.15, -0.1) is 0 Å². The van der Waals surface area contributed by atoms with E-state index in [-0.39, 0.29) is 5.91 Å². The predicted octanol–water partition coefficient (Wildman–Crippen LogP) is 0.982. The second-order valence-corrected chi connectivity index (χ2v) is 4.20. The van der Waals surface area contributed by atoms with Crippen LogP contribution in [0.3, 0.4) is 0 Å². The zero-order chi connectivity index (χ0) is 9.84. The second-order valence-electron chi connectivity index (χ2n) is 4.20. The Morgan fingerprint density at radius 1 is 1.62 bits per heavy atom. The molecule has 1 heterocycles. The van der Waals surface area contributed by atoms with Crippen molar-refractivity contribution in [2.75, 3.05) is 13.1 Å². The highest BCUT2D eigenvalue weighted by atomic mass is 16.2. The fourth-order valence-corrected chi connectivity index (χ4v) is 1.74. The molecule has 0 aromatic rings. The van der Waals surface area contributed by atoms with Gasteiger partial charge >= 0.3 is 0 Å². The van der Waals surface area contributed by atoms with Crippen molar-refractivity contribution in [2.24, 2.45) is 11.7 Å². The molecule has 1 saturated heterocycles. The van der Waals surface area contributed by atoms with Crippen molar-refractivity contribution in [1.82, 2.24) is 4.90 Å². The molecule has 1 aliphatic heterocycles. The number of rotatable bonds is 4. The van der Waals surface area contributed by atoms with Gasteiger partial charge in [-0.1, -0.05) is 13.8 Å². The van der Waals surface area contributed by atoms with Crippen molar-refractivity contribution >= 4 is 5.91 Å². The van der Waals surface area contributed by atoms with Crippen LogP contribution in [0.2, 0.25) is 0 Å². The summed E-state index contributed by atoms with van der Waals surface area (Å²) >= 11 is 0. The molecule has 13 heavy (non-hydrogen) atoms. The maximum atomic E-state index is 11.4. The molecule has 1 rings (SSSR count). The van der Waals surface area contributed by atoms with Gasteiger partial charge in [0.05, 0.1) is 0 Å². The molecule has 1 atom stereocenters. The largest absolute Gasteiger partial charge is 0.338 e. The minimum absolute atomic E-state index is 0.288. The summed E-state index contributed by atoms with van der Waals surface area (Å²) in [5.41, 5.74) is 5.60. The second kappa shape index (κ2) is 4.61. The van der Waals surface area contributed by atoms with Gasteiger partial charge < -0.3 is 10.6 Å². The summed E-state index contributed by atoms with van der Waals surface area (Å²) in [6.07, 6.45) is 2.73. The highest BCUT2D eigenvalue weighted by Gasteiger charge is 2.29. The molecule has 0 aromatic heterocycles. The third-order valence-electron chi connectivity index (χ3n) is 2.67. The normalized spacial score (nSPS) is 23.2. The van der Waals surface area contributed by atoms with E-state index in [1.165, 1.54) is 0 Å². The highest BCUT2D eigenvalue weighted by Crippen LogP contribution is 2.18. The first-order valence-electron chi connectivity index (χ1n) is 5.14. The molecular weight excluding hydrogens is 164 g/mol. The van der Waals surface area contributed by atoms with Crippen molar-refractivity contribution in [3.63, 3.8) is 0 Å². The maximum Gasteiger partial charge on any atom is 0.222 e. The maximum absolute atomic E-state index is 11.4. The Kier molecular flexibility index (Phi) is 3.72. The molecule has 0 bridgehead atoms. The molecule has 1 aliphatic rings. The molecule has 0 spiro atoms. The molecule has 2 N–H and O–H groups in total. The number of likely N-dealkylation sites (tertiary alicyclic amines) is 1. The minimum atomic E-state index is 0.288. The lowest BCUT2D eigenvalue weighted by Crippen LogP contribution is -2.38. The molecule has 0 saturated carbocycles. The molecule has 76 valence electrons. The van der Waals surface area contributed by atoms with Crippen molar-refractivity contribution in [3.05, 3.63) is 0 Å². The van der Waals surface area contributed by atoms with Crippen LogP contribution < -0.4 is 5.73 Å². The average Bonchev–Trinajstić information content (AvgIpc) is 2.43. The van der Waals surface area contributed by atoms with E-state index >= 15 is 0 Å². The van der Waals surface area contributed by atoms with Crippen LogP contribution in [-0.2, 0) is 4.79 Å². The van der Waals surface area contributed by atoms with E-state index in [2.05, 4.69) is 13.8 Å². The van der Waals surface area contributed by atoms with Crippen molar-refractivity contribution in [2.45, 2.75) is 39.2 Å². The third-order valence-corrected chi connectivity index (χ3v) is 2.67. The van der Waals surface area contributed by atoms with Crippen LogP contribution in [0.15, 0.2) is 0 Å². The Bertz CT molecular complexity index is 180. The van der Waals surface area contributed by atoms with Gasteiger partial charge in [0.1, 0.15) is 0 Å². The van der Waals surface area contributed by atoms with Gasteiger partial charge in [0.25, 0.3) is 0 Å². The van der Waals surface area contributed by atoms with E-state index in [1.54, 1.807) is 0 Å². The summed E-state index contributed by atoms with van der Waals surface area (Å²) < 4.78 is 0. The number of amides is 1. The lowest BCUT2D eigenvalue weighted by atomic mass is 10.1. The predicted molar refractivity (Wildman–Crippen MR) is 53.2 cm³/mol. The summed E-state index contributed by atoms with van der Waals surface area (Å²) in [6.45, 7) is 5.86. The number of carbonyl (C=O) groups excluding carboxylic acids is 1. The molecule has 0 unspecified atom stereocenters. The highest BCUT2D eigenvalue weighted by molar-refractivity contribution is 5.78. The summed E-state index contributed by atoms with van der Waals surface area (Å²) in [7, 11) is 0. The minimum Gasteiger partial charge on any atom is -0.338 e. The van der Waals surface area contributed by atoms with Crippen LogP contribution in [0, 0.1) is 5.92 Å². The number of carbonyl (C=O) groups is 1. The van der Waals surface area contributed by atoms with Crippen LogP contribution in [0.5, 0.6) is 0 Å².